The van der Waals surface area contributed by atoms with E-state index in [1.165, 1.54) is 48.1 Å². The Morgan fingerprint density at radius 1 is 1.16 bits per heavy atom. The van der Waals surface area contributed by atoms with Gasteiger partial charge < -0.3 is 10.2 Å². The van der Waals surface area contributed by atoms with Gasteiger partial charge in [-0.25, -0.2) is 4.98 Å². The Labute approximate surface area is 121 Å². The molecule has 0 unspecified atom stereocenters. The van der Waals surface area contributed by atoms with E-state index in [-0.39, 0.29) is 0 Å². The van der Waals surface area contributed by atoms with Crippen molar-refractivity contribution in [2.45, 2.75) is 65.5 Å². The molecule has 2 rings (SSSR count). The van der Waals surface area contributed by atoms with Crippen LogP contribution in [-0.2, 0) is 6.54 Å². The smallest absolute Gasteiger partial charge is 0.185 e. The quantitative estimate of drug-likeness (QED) is 0.891. The largest absolute Gasteiger partial charge is 0.348 e. The molecule has 0 saturated carbocycles. The summed E-state index contributed by atoms with van der Waals surface area (Å²) in [5, 5.41) is 4.76. The van der Waals surface area contributed by atoms with Gasteiger partial charge in [0.2, 0.25) is 0 Å². The van der Waals surface area contributed by atoms with Crippen molar-refractivity contribution in [1.29, 1.82) is 0 Å². The second kappa shape index (κ2) is 6.71. The number of rotatable bonds is 5. The predicted molar refractivity (Wildman–Crippen MR) is 84.2 cm³/mol. The first-order valence-electron chi connectivity index (χ1n) is 7.56. The molecular weight excluding hydrogens is 254 g/mol. The molecule has 1 N–H and O–H groups in total. The third kappa shape index (κ3) is 3.93. The van der Waals surface area contributed by atoms with Gasteiger partial charge in [-0.1, -0.05) is 27.7 Å². The molecule has 1 fully saturated rings. The Morgan fingerprint density at radius 3 is 2.42 bits per heavy atom. The number of aromatic nitrogens is 1. The molecular formula is C15H27N3S. The summed E-state index contributed by atoms with van der Waals surface area (Å²) in [5.74, 6) is 0.513. The van der Waals surface area contributed by atoms with Gasteiger partial charge in [-0.3, -0.25) is 0 Å². The third-order valence-electron chi connectivity index (χ3n) is 3.56. The van der Waals surface area contributed by atoms with E-state index in [9.17, 15) is 0 Å². The van der Waals surface area contributed by atoms with Crippen LogP contribution in [0.1, 0.15) is 63.4 Å². The average Bonchev–Trinajstić information content (AvgIpc) is 2.81. The normalized spacial score (nSPS) is 16.6. The lowest BCUT2D eigenvalue weighted by atomic mass is 10.1. The maximum absolute atomic E-state index is 4.92. The van der Waals surface area contributed by atoms with E-state index >= 15 is 0 Å². The van der Waals surface area contributed by atoms with Crippen molar-refractivity contribution in [3.63, 3.8) is 0 Å². The van der Waals surface area contributed by atoms with E-state index in [1.54, 1.807) is 0 Å². The monoisotopic (exact) mass is 281 g/mol. The van der Waals surface area contributed by atoms with E-state index in [4.69, 9.17) is 4.98 Å². The molecule has 0 aromatic carbocycles. The van der Waals surface area contributed by atoms with Crippen molar-refractivity contribution in [3.05, 3.63) is 10.6 Å². The Kier molecular flexibility index (Phi) is 5.22. The molecule has 0 bridgehead atoms. The topological polar surface area (TPSA) is 28.2 Å². The number of anilines is 1. The van der Waals surface area contributed by atoms with Gasteiger partial charge in [0, 0.05) is 30.6 Å². The van der Waals surface area contributed by atoms with Crippen LogP contribution in [0.2, 0.25) is 0 Å². The van der Waals surface area contributed by atoms with E-state index in [0.717, 1.165) is 6.54 Å². The molecule has 0 atom stereocenters. The lowest BCUT2D eigenvalue weighted by Crippen LogP contribution is -2.29. The second-order valence-electron chi connectivity index (χ2n) is 6.04. The Morgan fingerprint density at radius 2 is 1.84 bits per heavy atom. The van der Waals surface area contributed by atoms with Gasteiger partial charge in [0.25, 0.3) is 0 Å². The van der Waals surface area contributed by atoms with Crippen LogP contribution in [0.4, 0.5) is 5.13 Å². The summed E-state index contributed by atoms with van der Waals surface area (Å²) in [4.78, 5) is 8.81. The molecule has 108 valence electrons. The van der Waals surface area contributed by atoms with Crippen LogP contribution in [0.25, 0.3) is 0 Å². The molecule has 1 aromatic heterocycles. The van der Waals surface area contributed by atoms with Gasteiger partial charge >= 0.3 is 0 Å². The zero-order valence-corrected chi connectivity index (χ0v) is 13.5. The van der Waals surface area contributed by atoms with Crippen molar-refractivity contribution in [2.75, 3.05) is 18.0 Å². The summed E-state index contributed by atoms with van der Waals surface area (Å²) >= 11 is 1.89. The van der Waals surface area contributed by atoms with Crippen LogP contribution in [0, 0.1) is 0 Å². The standard InChI is InChI=1S/C15H27N3S/c1-11(2)14-13(10-16-12(3)4)19-15(17-14)18-8-6-5-7-9-18/h11-12,16H,5-10H2,1-4H3. The van der Waals surface area contributed by atoms with Gasteiger partial charge in [0.05, 0.1) is 5.69 Å². The summed E-state index contributed by atoms with van der Waals surface area (Å²) in [6.45, 7) is 12.2. The van der Waals surface area contributed by atoms with Crippen LogP contribution < -0.4 is 10.2 Å². The number of thiazole rings is 1. The molecule has 0 aliphatic carbocycles. The molecule has 19 heavy (non-hydrogen) atoms. The molecule has 1 aliphatic heterocycles. The fraction of sp³-hybridized carbons (Fsp3) is 0.800. The first-order valence-corrected chi connectivity index (χ1v) is 8.37. The minimum atomic E-state index is 0.513. The number of hydrogen-bond acceptors (Lipinski definition) is 4. The van der Waals surface area contributed by atoms with Gasteiger partial charge in [0.15, 0.2) is 5.13 Å². The van der Waals surface area contributed by atoms with Gasteiger partial charge in [-0.2, -0.15) is 0 Å². The van der Waals surface area contributed by atoms with Crippen molar-refractivity contribution in [3.8, 4) is 0 Å². The van der Waals surface area contributed by atoms with Gasteiger partial charge in [0.1, 0.15) is 0 Å². The Hall–Kier alpha value is -0.610. The van der Waals surface area contributed by atoms with Crippen molar-refractivity contribution in [2.24, 2.45) is 0 Å². The molecule has 1 aromatic rings. The maximum atomic E-state index is 4.92. The molecule has 0 spiro atoms. The van der Waals surface area contributed by atoms with Crippen molar-refractivity contribution < 1.29 is 0 Å². The number of nitrogens with one attached hydrogen (secondary N) is 1. The molecule has 2 heterocycles. The molecule has 3 nitrogen and oxygen atoms in total. The fourth-order valence-electron chi connectivity index (χ4n) is 2.45. The number of hydrogen-bond donors (Lipinski definition) is 1. The summed E-state index contributed by atoms with van der Waals surface area (Å²) in [5.41, 5.74) is 1.29. The zero-order valence-electron chi connectivity index (χ0n) is 12.7. The number of piperidine rings is 1. The van der Waals surface area contributed by atoms with E-state index < -0.39 is 0 Å². The fourth-order valence-corrected chi connectivity index (χ4v) is 3.66. The highest BCUT2D eigenvalue weighted by Gasteiger charge is 2.19. The zero-order chi connectivity index (χ0) is 13.8. The Bertz CT molecular complexity index is 392. The average molecular weight is 281 g/mol. The summed E-state index contributed by atoms with van der Waals surface area (Å²) in [7, 11) is 0. The summed E-state index contributed by atoms with van der Waals surface area (Å²) in [6.07, 6.45) is 4.01. The molecule has 0 amide bonds. The van der Waals surface area contributed by atoms with Crippen LogP contribution >= 0.6 is 11.3 Å². The highest BCUT2D eigenvalue weighted by Crippen LogP contribution is 2.32. The minimum absolute atomic E-state index is 0.513. The molecule has 4 heteroatoms. The van der Waals surface area contributed by atoms with Crippen molar-refractivity contribution >= 4 is 16.5 Å². The van der Waals surface area contributed by atoms with E-state index in [1.807, 2.05) is 11.3 Å². The first kappa shape index (κ1) is 14.8. The molecule has 0 radical (unpaired) electrons. The van der Waals surface area contributed by atoms with Crippen LogP contribution in [0.5, 0.6) is 0 Å². The highest BCUT2D eigenvalue weighted by atomic mass is 32.1. The highest BCUT2D eigenvalue weighted by molar-refractivity contribution is 7.15. The van der Waals surface area contributed by atoms with Crippen LogP contribution in [0.15, 0.2) is 0 Å². The van der Waals surface area contributed by atoms with Crippen LogP contribution in [-0.4, -0.2) is 24.1 Å². The van der Waals surface area contributed by atoms with Gasteiger partial charge in [-0.05, 0) is 25.2 Å². The minimum Gasteiger partial charge on any atom is -0.348 e. The van der Waals surface area contributed by atoms with E-state index in [2.05, 4.69) is 37.9 Å². The molecule has 1 saturated heterocycles. The summed E-state index contributed by atoms with van der Waals surface area (Å²) in [6, 6.07) is 0.528. The lowest BCUT2D eigenvalue weighted by molar-refractivity contribution is 0.575. The Balaban J connectivity index is 2.13. The predicted octanol–water partition coefficient (Wildman–Crippen LogP) is 3.75. The van der Waals surface area contributed by atoms with E-state index in [0.29, 0.717) is 12.0 Å². The van der Waals surface area contributed by atoms with Gasteiger partial charge in [-0.15, -0.1) is 11.3 Å². The lowest BCUT2D eigenvalue weighted by Gasteiger charge is -2.25. The second-order valence-corrected chi connectivity index (χ2v) is 7.10. The molecule has 1 aliphatic rings. The first-order chi connectivity index (χ1) is 9.08. The maximum Gasteiger partial charge on any atom is 0.185 e. The third-order valence-corrected chi connectivity index (χ3v) is 4.69. The van der Waals surface area contributed by atoms with Crippen LogP contribution in [0.3, 0.4) is 0 Å². The SMILES string of the molecule is CC(C)NCc1sc(N2CCCCC2)nc1C(C)C. The number of nitrogens with zero attached hydrogens (tertiary/aromatic N) is 2. The summed E-state index contributed by atoms with van der Waals surface area (Å²) < 4.78 is 0. The van der Waals surface area contributed by atoms with Crippen molar-refractivity contribution in [1.82, 2.24) is 10.3 Å².